The highest BCUT2D eigenvalue weighted by Gasteiger charge is 2.11. The van der Waals surface area contributed by atoms with E-state index in [1.54, 1.807) is 11.3 Å². The lowest BCUT2D eigenvalue weighted by Crippen LogP contribution is -1.93. The summed E-state index contributed by atoms with van der Waals surface area (Å²) in [4.78, 5) is 10.9. The van der Waals surface area contributed by atoms with E-state index in [-0.39, 0.29) is 0 Å². The minimum atomic E-state index is 0.697. The number of carbonyl (C=O) groups excluding carboxylic acids is 1. The van der Waals surface area contributed by atoms with Crippen LogP contribution in [0.2, 0.25) is 5.02 Å². The quantitative estimate of drug-likeness (QED) is 0.601. The third-order valence-corrected chi connectivity index (χ3v) is 4.11. The predicted molar refractivity (Wildman–Crippen MR) is 68.7 cm³/mol. The monoisotopic (exact) mass is 249 g/mol. The van der Waals surface area contributed by atoms with Crippen molar-refractivity contribution in [3.05, 3.63) is 35.0 Å². The Hall–Kier alpha value is -1.32. The zero-order valence-corrected chi connectivity index (χ0v) is 10.1. The van der Waals surface area contributed by atoms with E-state index < -0.39 is 0 Å². The molecule has 0 spiro atoms. The summed E-state index contributed by atoms with van der Waals surface area (Å²) in [6, 6.07) is 7.77. The number of thiophene rings is 1. The van der Waals surface area contributed by atoms with Gasteiger partial charge in [0.2, 0.25) is 0 Å². The molecule has 0 bridgehead atoms. The maximum Gasteiger partial charge on any atom is 0.166 e. The van der Waals surface area contributed by atoms with Crippen LogP contribution in [0.3, 0.4) is 0 Å². The van der Waals surface area contributed by atoms with Gasteiger partial charge in [0.25, 0.3) is 0 Å². The fourth-order valence-corrected chi connectivity index (χ4v) is 3.33. The molecule has 2 aromatic heterocycles. The van der Waals surface area contributed by atoms with Crippen LogP contribution in [0.5, 0.6) is 0 Å². The topological polar surface area (TPSA) is 22.0 Å². The second kappa shape index (κ2) is 3.34. The molecule has 0 aliphatic carbocycles. The van der Waals surface area contributed by atoms with Crippen molar-refractivity contribution >= 4 is 49.5 Å². The Balaban J connectivity index is 2.53. The number of aromatic nitrogens is 1. The van der Waals surface area contributed by atoms with Gasteiger partial charge in [0.1, 0.15) is 0 Å². The van der Waals surface area contributed by atoms with E-state index in [9.17, 15) is 4.79 Å². The highest BCUT2D eigenvalue weighted by atomic mass is 35.5. The van der Waals surface area contributed by atoms with Gasteiger partial charge in [0.05, 0.1) is 15.9 Å². The van der Waals surface area contributed by atoms with E-state index in [1.807, 2.05) is 35.9 Å². The van der Waals surface area contributed by atoms with Gasteiger partial charge in [-0.3, -0.25) is 4.79 Å². The van der Waals surface area contributed by atoms with Crippen LogP contribution < -0.4 is 0 Å². The van der Waals surface area contributed by atoms with E-state index in [0.29, 0.717) is 5.69 Å². The lowest BCUT2D eigenvalue weighted by atomic mass is 10.2. The average Bonchev–Trinajstić information content (AvgIpc) is 2.76. The van der Waals surface area contributed by atoms with Crippen LogP contribution in [0.15, 0.2) is 24.3 Å². The zero-order chi connectivity index (χ0) is 11.3. The Morgan fingerprint density at radius 3 is 2.88 bits per heavy atom. The number of hydrogen-bond donors (Lipinski definition) is 0. The fourth-order valence-electron chi connectivity index (χ4n) is 1.99. The molecule has 80 valence electrons. The SMILES string of the molecule is Cn1c(C=O)cc2sc3ccc(Cl)cc3c21. The minimum absolute atomic E-state index is 0.697. The Morgan fingerprint density at radius 1 is 1.31 bits per heavy atom. The van der Waals surface area contributed by atoms with Crippen molar-refractivity contribution in [3.8, 4) is 0 Å². The summed E-state index contributed by atoms with van der Waals surface area (Å²) in [5, 5.41) is 1.84. The molecule has 0 aliphatic rings. The molecule has 1 aromatic carbocycles. The van der Waals surface area contributed by atoms with E-state index >= 15 is 0 Å². The Bertz CT molecular complexity index is 711. The van der Waals surface area contributed by atoms with Gasteiger partial charge in [-0.05, 0) is 24.3 Å². The van der Waals surface area contributed by atoms with Gasteiger partial charge >= 0.3 is 0 Å². The summed E-state index contributed by atoms with van der Waals surface area (Å²) < 4.78 is 4.24. The number of rotatable bonds is 1. The van der Waals surface area contributed by atoms with Crippen LogP contribution >= 0.6 is 22.9 Å². The first-order chi connectivity index (χ1) is 7.70. The molecular formula is C12H8ClNOS. The van der Waals surface area contributed by atoms with E-state index in [4.69, 9.17) is 11.6 Å². The second-order valence-corrected chi connectivity index (χ2v) is 5.22. The van der Waals surface area contributed by atoms with Gasteiger partial charge in [-0.25, -0.2) is 0 Å². The largest absolute Gasteiger partial charge is 0.340 e. The Kier molecular flexibility index (Phi) is 2.06. The van der Waals surface area contributed by atoms with Crippen LogP contribution in [0, 0.1) is 0 Å². The molecule has 0 aliphatic heterocycles. The zero-order valence-electron chi connectivity index (χ0n) is 8.53. The van der Waals surface area contributed by atoms with Crippen LogP contribution in [-0.4, -0.2) is 10.9 Å². The summed E-state index contributed by atoms with van der Waals surface area (Å²) in [6.45, 7) is 0. The third kappa shape index (κ3) is 1.22. The van der Waals surface area contributed by atoms with Gasteiger partial charge in [0.15, 0.2) is 6.29 Å². The van der Waals surface area contributed by atoms with E-state index in [0.717, 1.165) is 26.9 Å². The van der Waals surface area contributed by atoms with Crippen molar-refractivity contribution < 1.29 is 4.79 Å². The second-order valence-electron chi connectivity index (χ2n) is 3.70. The number of hydrogen-bond acceptors (Lipinski definition) is 2. The molecular weight excluding hydrogens is 242 g/mol. The first-order valence-corrected chi connectivity index (χ1v) is 6.03. The van der Waals surface area contributed by atoms with Crippen molar-refractivity contribution in [1.29, 1.82) is 0 Å². The molecule has 4 heteroatoms. The average molecular weight is 250 g/mol. The van der Waals surface area contributed by atoms with Gasteiger partial charge in [-0.2, -0.15) is 0 Å². The predicted octanol–water partition coefficient (Wildman–Crippen LogP) is 3.86. The molecule has 2 nitrogen and oxygen atoms in total. The molecule has 0 radical (unpaired) electrons. The van der Waals surface area contributed by atoms with Crippen LogP contribution in [0.25, 0.3) is 20.3 Å². The van der Waals surface area contributed by atoms with Crippen molar-refractivity contribution in [2.45, 2.75) is 0 Å². The lowest BCUT2D eigenvalue weighted by molar-refractivity contribution is 0.111. The van der Waals surface area contributed by atoms with Crippen LogP contribution in [-0.2, 0) is 7.05 Å². The normalized spacial score (nSPS) is 11.4. The molecule has 0 saturated carbocycles. The van der Waals surface area contributed by atoms with Gasteiger partial charge in [-0.15, -0.1) is 11.3 Å². The Labute approximate surface area is 101 Å². The van der Waals surface area contributed by atoms with Gasteiger partial charge in [0, 0.05) is 22.2 Å². The van der Waals surface area contributed by atoms with Crippen LogP contribution in [0.1, 0.15) is 10.5 Å². The van der Waals surface area contributed by atoms with Crippen molar-refractivity contribution in [3.63, 3.8) is 0 Å². The maximum atomic E-state index is 10.9. The molecule has 0 unspecified atom stereocenters. The van der Waals surface area contributed by atoms with Crippen LogP contribution in [0.4, 0.5) is 0 Å². The molecule has 2 heterocycles. The van der Waals surface area contributed by atoms with E-state index in [2.05, 4.69) is 0 Å². The minimum Gasteiger partial charge on any atom is -0.340 e. The third-order valence-electron chi connectivity index (χ3n) is 2.77. The molecule has 0 N–H and O–H groups in total. The highest BCUT2D eigenvalue weighted by Crippen LogP contribution is 2.36. The first-order valence-electron chi connectivity index (χ1n) is 4.83. The standard InChI is InChI=1S/C12H8ClNOS/c1-14-8(6-15)5-11-12(14)9-4-7(13)2-3-10(9)16-11/h2-6H,1H3. The fraction of sp³-hybridized carbons (Fsp3) is 0.0833. The summed E-state index contributed by atoms with van der Waals surface area (Å²) in [7, 11) is 1.90. The molecule has 3 rings (SSSR count). The number of aryl methyl sites for hydroxylation is 1. The molecule has 0 amide bonds. The first kappa shape index (κ1) is 9.87. The van der Waals surface area contributed by atoms with Crippen molar-refractivity contribution in [2.75, 3.05) is 0 Å². The summed E-state index contributed by atoms with van der Waals surface area (Å²) >= 11 is 7.68. The number of carbonyl (C=O) groups is 1. The van der Waals surface area contributed by atoms with Crippen molar-refractivity contribution in [1.82, 2.24) is 4.57 Å². The molecule has 0 saturated heterocycles. The van der Waals surface area contributed by atoms with E-state index in [1.165, 1.54) is 4.70 Å². The van der Waals surface area contributed by atoms with Crippen molar-refractivity contribution in [2.24, 2.45) is 7.05 Å². The number of aldehydes is 1. The number of halogens is 1. The molecule has 16 heavy (non-hydrogen) atoms. The summed E-state index contributed by atoms with van der Waals surface area (Å²) in [6.07, 6.45) is 0.878. The molecule has 0 fully saturated rings. The molecule has 0 atom stereocenters. The maximum absolute atomic E-state index is 10.9. The molecule has 3 aromatic rings. The van der Waals surface area contributed by atoms with Gasteiger partial charge in [-0.1, -0.05) is 11.6 Å². The Morgan fingerprint density at radius 2 is 2.12 bits per heavy atom. The highest BCUT2D eigenvalue weighted by molar-refractivity contribution is 7.25. The number of nitrogens with zero attached hydrogens (tertiary/aromatic N) is 1. The summed E-state index contributed by atoms with van der Waals surface area (Å²) in [5.41, 5.74) is 1.78. The van der Waals surface area contributed by atoms with Gasteiger partial charge < -0.3 is 4.57 Å². The number of fused-ring (bicyclic) bond motifs is 3. The number of benzene rings is 1. The summed E-state index contributed by atoms with van der Waals surface area (Å²) in [5.74, 6) is 0. The lowest BCUT2D eigenvalue weighted by Gasteiger charge is -1.98. The smallest absolute Gasteiger partial charge is 0.166 e.